The highest BCUT2D eigenvalue weighted by atomic mass is 16.2. The minimum Gasteiger partial charge on any atom is -0.324 e. The monoisotopic (exact) mass is 230 g/mol. The Morgan fingerprint density at radius 3 is 2.59 bits per heavy atom. The Labute approximate surface area is 102 Å². The lowest BCUT2D eigenvalue weighted by molar-refractivity contribution is -0.122. The molecule has 0 saturated heterocycles. The van der Waals surface area contributed by atoms with Crippen molar-refractivity contribution in [1.82, 2.24) is 0 Å². The fourth-order valence-electron chi connectivity index (χ4n) is 1.50. The van der Waals surface area contributed by atoms with Gasteiger partial charge in [-0.2, -0.15) is 5.26 Å². The van der Waals surface area contributed by atoms with E-state index in [1.54, 1.807) is 6.92 Å². The van der Waals surface area contributed by atoms with Gasteiger partial charge < -0.3 is 5.32 Å². The normalized spacial score (nSPS) is 13.5. The molecule has 1 aromatic carbocycles. The Balaban J connectivity index is 2.92. The number of para-hydroxylation sites is 1. The quantitative estimate of drug-likeness (QED) is 0.864. The first-order chi connectivity index (χ1) is 8.07. The molecule has 0 aromatic heterocycles. The number of carbonyl (C=O) groups is 1. The summed E-state index contributed by atoms with van der Waals surface area (Å²) < 4.78 is 0. The molecule has 1 rings (SSSR count). The lowest BCUT2D eigenvalue weighted by atomic mass is 9.88. The summed E-state index contributed by atoms with van der Waals surface area (Å²) in [6, 6.07) is 9.74. The van der Waals surface area contributed by atoms with Gasteiger partial charge in [0.1, 0.15) is 5.41 Å². The number of hydrogen-bond donors (Lipinski definition) is 1. The zero-order valence-electron chi connectivity index (χ0n) is 10.6. The summed E-state index contributed by atoms with van der Waals surface area (Å²) in [4.78, 5) is 12.0. The van der Waals surface area contributed by atoms with Gasteiger partial charge in [0.2, 0.25) is 5.91 Å². The second kappa shape index (κ2) is 5.49. The Bertz CT molecular complexity index is 448. The largest absolute Gasteiger partial charge is 0.324 e. The third kappa shape index (κ3) is 2.85. The molecule has 1 atom stereocenters. The number of carbonyl (C=O) groups excluding carboxylic acids is 1. The fraction of sp³-hybridized carbons (Fsp3) is 0.429. The molecule has 3 nitrogen and oxygen atoms in total. The standard InChI is InChI=1S/C14H18N2O/c1-4-11-8-6-7-9-12(11)16-13(17)14(3,5-2)10-15/h6-9H,4-5H2,1-3H3,(H,16,17). The van der Waals surface area contributed by atoms with Gasteiger partial charge >= 0.3 is 0 Å². The highest BCUT2D eigenvalue weighted by molar-refractivity contribution is 5.97. The third-order valence-corrected chi connectivity index (χ3v) is 3.10. The Morgan fingerprint density at radius 2 is 2.06 bits per heavy atom. The molecule has 0 saturated carbocycles. The van der Waals surface area contributed by atoms with E-state index < -0.39 is 5.41 Å². The molecule has 0 spiro atoms. The van der Waals surface area contributed by atoms with Crippen LogP contribution < -0.4 is 5.32 Å². The number of nitriles is 1. The molecular formula is C14H18N2O. The molecule has 0 radical (unpaired) electrons. The second-order valence-corrected chi connectivity index (χ2v) is 4.26. The molecule has 1 unspecified atom stereocenters. The number of aryl methyl sites for hydroxylation is 1. The molecular weight excluding hydrogens is 212 g/mol. The summed E-state index contributed by atoms with van der Waals surface area (Å²) in [6.07, 6.45) is 1.36. The maximum absolute atomic E-state index is 12.0. The van der Waals surface area contributed by atoms with Crippen LogP contribution in [0.25, 0.3) is 0 Å². The summed E-state index contributed by atoms with van der Waals surface area (Å²) in [5, 5.41) is 11.9. The molecule has 1 aromatic rings. The maximum Gasteiger partial charge on any atom is 0.244 e. The van der Waals surface area contributed by atoms with Gasteiger partial charge in [-0.05, 0) is 31.4 Å². The van der Waals surface area contributed by atoms with Crippen LogP contribution >= 0.6 is 0 Å². The summed E-state index contributed by atoms with van der Waals surface area (Å²) in [5.41, 5.74) is 0.924. The van der Waals surface area contributed by atoms with Crippen molar-refractivity contribution in [2.24, 2.45) is 5.41 Å². The Morgan fingerprint density at radius 1 is 1.41 bits per heavy atom. The van der Waals surface area contributed by atoms with Crippen LogP contribution in [0.1, 0.15) is 32.8 Å². The minimum atomic E-state index is -0.957. The van der Waals surface area contributed by atoms with Crippen molar-refractivity contribution < 1.29 is 4.79 Å². The molecule has 0 aliphatic carbocycles. The van der Waals surface area contributed by atoms with Crippen LogP contribution in [-0.4, -0.2) is 5.91 Å². The van der Waals surface area contributed by atoms with Crippen LogP contribution in [0.3, 0.4) is 0 Å². The SMILES string of the molecule is CCc1ccccc1NC(=O)C(C)(C#N)CC. The molecule has 17 heavy (non-hydrogen) atoms. The number of anilines is 1. The van der Waals surface area contributed by atoms with Gasteiger partial charge in [0.15, 0.2) is 0 Å². The average molecular weight is 230 g/mol. The summed E-state index contributed by atoms with van der Waals surface area (Å²) >= 11 is 0. The van der Waals surface area contributed by atoms with Crippen molar-refractivity contribution in [3.63, 3.8) is 0 Å². The molecule has 3 heteroatoms. The number of nitrogens with one attached hydrogen (secondary N) is 1. The highest BCUT2D eigenvalue weighted by Crippen LogP contribution is 2.24. The van der Waals surface area contributed by atoms with Crippen molar-refractivity contribution in [3.8, 4) is 6.07 Å². The topological polar surface area (TPSA) is 52.9 Å². The molecule has 0 bridgehead atoms. The lowest BCUT2D eigenvalue weighted by Gasteiger charge is -2.19. The van der Waals surface area contributed by atoms with Gasteiger partial charge in [-0.1, -0.05) is 32.0 Å². The van der Waals surface area contributed by atoms with Gasteiger partial charge in [0.25, 0.3) is 0 Å². The maximum atomic E-state index is 12.0. The lowest BCUT2D eigenvalue weighted by Crippen LogP contribution is -2.31. The van der Waals surface area contributed by atoms with Gasteiger partial charge in [0.05, 0.1) is 6.07 Å². The molecule has 1 N–H and O–H groups in total. The first-order valence-electron chi connectivity index (χ1n) is 5.88. The number of nitrogens with zero attached hydrogens (tertiary/aromatic N) is 1. The van der Waals surface area contributed by atoms with Crippen LogP contribution in [0, 0.1) is 16.7 Å². The van der Waals surface area contributed by atoms with Crippen molar-refractivity contribution in [3.05, 3.63) is 29.8 Å². The molecule has 90 valence electrons. The van der Waals surface area contributed by atoms with Crippen molar-refractivity contribution in [2.75, 3.05) is 5.32 Å². The van der Waals surface area contributed by atoms with Crippen LogP contribution in [0.5, 0.6) is 0 Å². The van der Waals surface area contributed by atoms with E-state index in [9.17, 15) is 4.79 Å². The predicted octanol–water partition coefficient (Wildman–Crippen LogP) is 3.13. The third-order valence-electron chi connectivity index (χ3n) is 3.10. The molecule has 1 amide bonds. The van der Waals surface area contributed by atoms with Gasteiger partial charge in [0, 0.05) is 5.69 Å². The van der Waals surface area contributed by atoms with Crippen LogP contribution in [-0.2, 0) is 11.2 Å². The molecule has 0 aliphatic rings. The smallest absolute Gasteiger partial charge is 0.244 e. The predicted molar refractivity (Wildman–Crippen MR) is 68.5 cm³/mol. The summed E-state index contributed by atoms with van der Waals surface area (Å²) in [6.45, 7) is 5.54. The first-order valence-corrected chi connectivity index (χ1v) is 5.88. The van der Waals surface area contributed by atoms with E-state index in [2.05, 4.69) is 11.4 Å². The zero-order chi connectivity index (χ0) is 12.9. The minimum absolute atomic E-state index is 0.233. The molecule has 0 aliphatic heterocycles. The van der Waals surface area contributed by atoms with Gasteiger partial charge in [-0.3, -0.25) is 4.79 Å². The number of benzene rings is 1. The van der Waals surface area contributed by atoms with E-state index in [0.29, 0.717) is 6.42 Å². The highest BCUT2D eigenvalue weighted by Gasteiger charge is 2.31. The van der Waals surface area contributed by atoms with E-state index in [4.69, 9.17) is 5.26 Å². The number of amides is 1. The van der Waals surface area contributed by atoms with Gasteiger partial charge in [-0.25, -0.2) is 0 Å². The van der Waals surface area contributed by atoms with E-state index in [1.165, 1.54) is 0 Å². The molecule has 0 fully saturated rings. The molecule has 0 heterocycles. The fourth-order valence-corrected chi connectivity index (χ4v) is 1.50. The Kier molecular flexibility index (Phi) is 4.28. The summed E-state index contributed by atoms with van der Waals surface area (Å²) in [5.74, 6) is -0.233. The summed E-state index contributed by atoms with van der Waals surface area (Å²) in [7, 11) is 0. The van der Waals surface area contributed by atoms with Crippen molar-refractivity contribution in [1.29, 1.82) is 5.26 Å². The van der Waals surface area contributed by atoms with Gasteiger partial charge in [-0.15, -0.1) is 0 Å². The van der Waals surface area contributed by atoms with Crippen molar-refractivity contribution >= 4 is 11.6 Å². The van der Waals surface area contributed by atoms with Crippen molar-refractivity contribution in [2.45, 2.75) is 33.6 Å². The van der Waals surface area contributed by atoms with Crippen LogP contribution in [0.15, 0.2) is 24.3 Å². The first kappa shape index (κ1) is 13.2. The zero-order valence-corrected chi connectivity index (χ0v) is 10.6. The Hall–Kier alpha value is -1.82. The second-order valence-electron chi connectivity index (χ2n) is 4.26. The van der Waals surface area contributed by atoms with E-state index in [0.717, 1.165) is 17.7 Å². The van der Waals surface area contributed by atoms with E-state index >= 15 is 0 Å². The van der Waals surface area contributed by atoms with E-state index in [1.807, 2.05) is 38.1 Å². The van der Waals surface area contributed by atoms with Crippen LogP contribution in [0.4, 0.5) is 5.69 Å². The number of hydrogen-bond acceptors (Lipinski definition) is 2. The van der Waals surface area contributed by atoms with E-state index in [-0.39, 0.29) is 5.91 Å². The average Bonchev–Trinajstić information content (AvgIpc) is 2.38. The van der Waals surface area contributed by atoms with Crippen LogP contribution in [0.2, 0.25) is 0 Å². The number of rotatable bonds is 4.